The highest BCUT2D eigenvalue weighted by molar-refractivity contribution is 7.09. The fourth-order valence-electron chi connectivity index (χ4n) is 3.91. The predicted octanol–water partition coefficient (Wildman–Crippen LogP) is 2.77. The molecule has 23 heavy (non-hydrogen) atoms. The Hall–Kier alpha value is -0.910. The fraction of sp³-hybridized carbons (Fsp3) is 0.722. The summed E-state index contributed by atoms with van der Waals surface area (Å²) >= 11 is 1.81. The first-order valence-corrected chi connectivity index (χ1v) is 9.75. The van der Waals surface area contributed by atoms with Crippen molar-refractivity contribution in [3.05, 3.63) is 22.4 Å². The minimum atomic E-state index is -0.734. The number of piperidine rings is 1. The van der Waals surface area contributed by atoms with Crippen LogP contribution in [0.4, 0.5) is 0 Å². The Balaban J connectivity index is 1.40. The van der Waals surface area contributed by atoms with E-state index >= 15 is 0 Å². The quantitative estimate of drug-likeness (QED) is 0.840. The number of hydrogen-bond acceptors (Lipinski definition) is 4. The highest BCUT2D eigenvalue weighted by Gasteiger charge is 2.33. The van der Waals surface area contributed by atoms with Crippen molar-refractivity contribution in [1.29, 1.82) is 0 Å². The van der Waals surface area contributed by atoms with Crippen molar-refractivity contribution in [1.82, 2.24) is 10.2 Å². The van der Waals surface area contributed by atoms with E-state index < -0.39 is 5.60 Å². The molecule has 1 amide bonds. The van der Waals surface area contributed by atoms with Crippen molar-refractivity contribution in [2.75, 3.05) is 19.6 Å². The number of carbonyl (C=O) groups is 1. The Morgan fingerprint density at radius 2 is 2.22 bits per heavy atom. The van der Waals surface area contributed by atoms with Crippen LogP contribution in [0.3, 0.4) is 0 Å². The van der Waals surface area contributed by atoms with E-state index in [0.717, 1.165) is 51.9 Å². The molecule has 1 aliphatic heterocycles. The third-order valence-electron chi connectivity index (χ3n) is 5.17. The lowest BCUT2D eigenvalue weighted by molar-refractivity contribution is -0.126. The van der Waals surface area contributed by atoms with Crippen molar-refractivity contribution < 1.29 is 9.90 Å². The van der Waals surface area contributed by atoms with Crippen LogP contribution in [-0.2, 0) is 11.3 Å². The average molecular weight is 337 g/mol. The molecule has 1 saturated carbocycles. The van der Waals surface area contributed by atoms with Crippen LogP contribution in [0.5, 0.6) is 0 Å². The van der Waals surface area contributed by atoms with E-state index in [4.69, 9.17) is 0 Å². The second-order valence-corrected chi connectivity index (χ2v) is 8.27. The molecule has 1 unspecified atom stereocenters. The molecule has 2 aliphatic rings. The third-order valence-corrected chi connectivity index (χ3v) is 6.04. The van der Waals surface area contributed by atoms with Crippen LogP contribution in [0.15, 0.2) is 17.5 Å². The number of aliphatic hydroxyl groups is 1. The van der Waals surface area contributed by atoms with Gasteiger partial charge in [-0.25, -0.2) is 0 Å². The van der Waals surface area contributed by atoms with Crippen LogP contribution >= 0.6 is 11.3 Å². The molecular formula is C18H28N2O2S. The zero-order valence-electron chi connectivity index (χ0n) is 13.8. The summed E-state index contributed by atoms with van der Waals surface area (Å²) < 4.78 is 0. The topological polar surface area (TPSA) is 52.6 Å². The summed E-state index contributed by atoms with van der Waals surface area (Å²) in [6.45, 7) is 3.99. The summed E-state index contributed by atoms with van der Waals surface area (Å²) in [5.41, 5.74) is -0.734. The molecule has 1 saturated heterocycles. The first kappa shape index (κ1) is 16.9. The van der Waals surface area contributed by atoms with Gasteiger partial charge in [0, 0.05) is 24.5 Å². The minimum absolute atomic E-state index is 0.0183. The lowest BCUT2D eigenvalue weighted by atomic mass is 9.96. The normalized spacial score (nSPS) is 24.7. The maximum atomic E-state index is 12.1. The summed E-state index contributed by atoms with van der Waals surface area (Å²) in [4.78, 5) is 16.0. The molecule has 2 fully saturated rings. The molecule has 0 bridgehead atoms. The lowest BCUT2D eigenvalue weighted by Gasteiger charge is -2.32. The fourth-order valence-corrected chi connectivity index (χ4v) is 4.66. The van der Waals surface area contributed by atoms with Crippen LogP contribution in [0, 0.1) is 5.92 Å². The summed E-state index contributed by atoms with van der Waals surface area (Å²) in [6.07, 6.45) is 6.31. The van der Waals surface area contributed by atoms with Crippen molar-refractivity contribution in [2.24, 2.45) is 5.92 Å². The van der Waals surface area contributed by atoms with Crippen LogP contribution in [0.25, 0.3) is 0 Å². The van der Waals surface area contributed by atoms with Gasteiger partial charge in [0.15, 0.2) is 0 Å². The molecule has 0 spiro atoms. The maximum Gasteiger partial charge on any atom is 0.222 e. The zero-order chi connectivity index (χ0) is 16.1. The first-order valence-electron chi connectivity index (χ1n) is 8.87. The zero-order valence-corrected chi connectivity index (χ0v) is 14.6. The molecule has 0 aromatic carbocycles. The van der Waals surface area contributed by atoms with Crippen molar-refractivity contribution in [3.8, 4) is 0 Å². The number of carbonyl (C=O) groups excluding carboxylic acids is 1. The molecule has 0 radical (unpaired) electrons. The molecule has 2 N–H and O–H groups in total. The minimum Gasteiger partial charge on any atom is -0.389 e. The lowest BCUT2D eigenvalue weighted by Crippen LogP contribution is -2.42. The second-order valence-electron chi connectivity index (χ2n) is 7.24. The predicted molar refractivity (Wildman–Crippen MR) is 93.4 cm³/mol. The molecule has 1 aromatic heterocycles. The summed E-state index contributed by atoms with van der Waals surface area (Å²) in [7, 11) is 0. The van der Waals surface area contributed by atoms with Crippen LogP contribution in [0.2, 0.25) is 0 Å². The Kier molecular flexibility index (Phi) is 5.72. The van der Waals surface area contributed by atoms with Gasteiger partial charge in [0.2, 0.25) is 5.91 Å². The van der Waals surface area contributed by atoms with Crippen molar-refractivity contribution in [2.45, 2.75) is 57.1 Å². The Morgan fingerprint density at radius 3 is 2.96 bits per heavy atom. The Bertz CT molecular complexity index is 497. The first-order chi connectivity index (χ1) is 11.1. The second kappa shape index (κ2) is 7.77. The van der Waals surface area contributed by atoms with E-state index in [1.165, 1.54) is 17.7 Å². The van der Waals surface area contributed by atoms with Gasteiger partial charge in [-0.05, 0) is 49.6 Å². The summed E-state index contributed by atoms with van der Waals surface area (Å²) in [5.74, 6) is 0.552. The molecule has 3 rings (SSSR count). The smallest absolute Gasteiger partial charge is 0.222 e. The van der Waals surface area contributed by atoms with Crippen LogP contribution < -0.4 is 5.32 Å². The molecule has 2 heterocycles. The van der Waals surface area contributed by atoms with Gasteiger partial charge >= 0.3 is 0 Å². The van der Waals surface area contributed by atoms with E-state index in [2.05, 4.69) is 27.7 Å². The van der Waals surface area contributed by atoms with E-state index in [1.54, 1.807) is 0 Å². The molecule has 1 aliphatic carbocycles. The van der Waals surface area contributed by atoms with Crippen LogP contribution in [-0.4, -0.2) is 41.1 Å². The standard InChI is InChI=1S/C18H28N2O2S/c21-17(11-18(22)7-1-2-8-18)19-12-15-5-3-9-20(13-15)14-16-6-4-10-23-16/h4,6,10,15,22H,1-3,5,7-9,11-14H2,(H,19,21). The van der Waals surface area contributed by atoms with Gasteiger partial charge in [-0.3, -0.25) is 9.69 Å². The van der Waals surface area contributed by atoms with E-state index in [-0.39, 0.29) is 12.3 Å². The SMILES string of the molecule is O=C(CC1(O)CCCC1)NCC1CCCN(Cc2cccs2)C1. The Labute approximate surface area is 142 Å². The molecule has 1 aromatic rings. The monoisotopic (exact) mass is 336 g/mol. The van der Waals surface area contributed by atoms with E-state index in [9.17, 15) is 9.90 Å². The maximum absolute atomic E-state index is 12.1. The van der Waals surface area contributed by atoms with Crippen molar-refractivity contribution >= 4 is 17.2 Å². The molecular weight excluding hydrogens is 308 g/mol. The number of amides is 1. The van der Waals surface area contributed by atoms with Gasteiger partial charge in [-0.1, -0.05) is 18.9 Å². The number of hydrogen-bond donors (Lipinski definition) is 2. The summed E-state index contributed by atoms with van der Waals surface area (Å²) in [6, 6.07) is 4.30. The van der Waals surface area contributed by atoms with Gasteiger partial charge in [-0.2, -0.15) is 0 Å². The number of nitrogens with one attached hydrogen (secondary N) is 1. The van der Waals surface area contributed by atoms with Gasteiger partial charge in [0.25, 0.3) is 0 Å². The highest BCUT2D eigenvalue weighted by atomic mass is 32.1. The van der Waals surface area contributed by atoms with Gasteiger partial charge in [0.1, 0.15) is 0 Å². The largest absolute Gasteiger partial charge is 0.389 e. The van der Waals surface area contributed by atoms with Gasteiger partial charge < -0.3 is 10.4 Å². The molecule has 1 atom stereocenters. The Morgan fingerprint density at radius 1 is 1.39 bits per heavy atom. The summed E-state index contributed by atoms with van der Waals surface area (Å²) in [5, 5.41) is 15.5. The van der Waals surface area contributed by atoms with E-state index in [0.29, 0.717) is 5.92 Å². The van der Waals surface area contributed by atoms with Crippen molar-refractivity contribution in [3.63, 3.8) is 0 Å². The number of nitrogens with zero attached hydrogens (tertiary/aromatic N) is 1. The van der Waals surface area contributed by atoms with E-state index in [1.807, 2.05) is 11.3 Å². The molecule has 5 heteroatoms. The van der Waals surface area contributed by atoms with Gasteiger partial charge in [0.05, 0.1) is 12.0 Å². The number of rotatable bonds is 6. The highest BCUT2D eigenvalue weighted by Crippen LogP contribution is 2.32. The third kappa shape index (κ3) is 5.03. The van der Waals surface area contributed by atoms with Gasteiger partial charge in [-0.15, -0.1) is 11.3 Å². The molecule has 4 nitrogen and oxygen atoms in total. The number of thiophene rings is 1. The average Bonchev–Trinajstić information content (AvgIpc) is 3.18. The molecule has 128 valence electrons. The number of likely N-dealkylation sites (tertiary alicyclic amines) is 1. The van der Waals surface area contributed by atoms with Crippen LogP contribution in [0.1, 0.15) is 49.8 Å².